The molecular weight excluding hydrogens is 217 g/mol. The van der Waals surface area contributed by atoms with Gasteiger partial charge in [0, 0.05) is 31.1 Å². The molecule has 1 rings (SSSR count). The summed E-state index contributed by atoms with van der Waals surface area (Å²) < 4.78 is 12.8. The van der Waals surface area contributed by atoms with E-state index < -0.39 is 0 Å². The molecule has 0 spiro atoms. The van der Waals surface area contributed by atoms with Crippen LogP contribution in [0.15, 0.2) is 24.3 Å². The summed E-state index contributed by atoms with van der Waals surface area (Å²) in [5.41, 5.74) is 12.2. The number of hydrogen-bond acceptors (Lipinski definition) is 3. The van der Waals surface area contributed by atoms with Crippen LogP contribution < -0.4 is 16.8 Å². The Bertz CT molecular complexity index is 335. The largest absolute Gasteiger partial charge is 0.329 e. The predicted molar refractivity (Wildman–Crippen MR) is 69.3 cm³/mol. The first-order valence-corrected chi connectivity index (χ1v) is 5.88. The van der Waals surface area contributed by atoms with Crippen molar-refractivity contribution in [3.63, 3.8) is 0 Å². The Labute approximate surface area is 102 Å². The maximum Gasteiger partial charge on any atom is 0.123 e. The number of nitrogens with two attached hydrogens (primary N) is 2. The Morgan fingerprint density at radius 1 is 1.29 bits per heavy atom. The van der Waals surface area contributed by atoms with Crippen LogP contribution in [-0.2, 0) is 5.41 Å². The van der Waals surface area contributed by atoms with Crippen LogP contribution in [-0.4, -0.2) is 25.7 Å². The Morgan fingerprint density at radius 2 is 1.88 bits per heavy atom. The Kier molecular flexibility index (Phi) is 5.05. The van der Waals surface area contributed by atoms with E-state index in [0.717, 1.165) is 12.1 Å². The standard InChI is InChI=1S/C13H22FN3/c1-13(2,9-17-8-12(16)7-15)10-3-5-11(14)6-4-10/h3-6,12,17H,7-9,15-16H2,1-2H3. The van der Waals surface area contributed by atoms with Crippen LogP contribution in [0.1, 0.15) is 19.4 Å². The van der Waals surface area contributed by atoms with E-state index >= 15 is 0 Å². The number of benzene rings is 1. The zero-order valence-electron chi connectivity index (χ0n) is 10.5. The van der Waals surface area contributed by atoms with Gasteiger partial charge in [-0.3, -0.25) is 0 Å². The lowest BCUT2D eigenvalue weighted by atomic mass is 9.84. The fourth-order valence-electron chi connectivity index (χ4n) is 1.66. The molecule has 1 aromatic rings. The minimum Gasteiger partial charge on any atom is -0.329 e. The molecule has 0 radical (unpaired) electrons. The average molecular weight is 239 g/mol. The lowest BCUT2D eigenvalue weighted by molar-refractivity contribution is 0.453. The van der Waals surface area contributed by atoms with Gasteiger partial charge >= 0.3 is 0 Å². The van der Waals surface area contributed by atoms with E-state index in [1.165, 1.54) is 12.1 Å². The molecule has 3 nitrogen and oxygen atoms in total. The van der Waals surface area contributed by atoms with Crippen LogP contribution in [0.4, 0.5) is 4.39 Å². The van der Waals surface area contributed by atoms with Gasteiger partial charge < -0.3 is 16.8 Å². The van der Waals surface area contributed by atoms with Crippen molar-refractivity contribution in [2.45, 2.75) is 25.3 Å². The lowest BCUT2D eigenvalue weighted by Gasteiger charge is -2.26. The third-order valence-corrected chi connectivity index (χ3v) is 2.90. The molecule has 4 heteroatoms. The zero-order valence-corrected chi connectivity index (χ0v) is 10.5. The summed E-state index contributed by atoms with van der Waals surface area (Å²) >= 11 is 0. The molecule has 0 fully saturated rings. The second-order valence-electron chi connectivity index (χ2n) is 5.02. The summed E-state index contributed by atoms with van der Waals surface area (Å²) in [7, 11) is 0. The third kappa shape index (κ3) is 4.42. The molecule has 0 heterocycles. The third-order valence-electron chi connectivity index (χ3n) is 2.90. The van der Waals surface area contributed by atoms with Gasteiger partial charge in [-0.25, -0.2) is 4.39 Å². The molecule has 0 aliphatic rings. The molecule has 1 unspecified atom stereocenters. The minimum absolute atomic E-state index is 0.0148. The van der Waals surface area contributed by atoms with Crippen molar-refractivity contribution >= 4 is 0 Å². The maximum absolute atomic E-state index is 12.8. The first-order valence-electron chi connectivity index (χ1n) is 5.88. The van der Waals surface area contributed by atoms with Crippen LogP contribution in [0.2, 0.25) is 0 Å². The van der Waals surface area contributed by atoms with Crippen LogP contribution in [0.25, 0.3) is 0 Å². The average Bonchev–Trinajstić information content (AvgIpc) is 2.29. The van der Waals surface area contributed by atoms with Crippen LogP contribution in [0.3, 0.4) is 0 Å². The maximum atomic E-state index is 12.8. The van der Waals surface area contributed by atoms with Gasteiger partial charge in [0.2, 0.25) is 0 Å². The van der Waals surface area contributed by atoms with Gasteiger partial charge in [0.1, 0.15) is 5.82 Å². The second-order valence-corrected chi connectivity index (χ2v) is 5.02. The summed E-state index contributed by atoms with van der Waals surface area (Å²) in [4.78, 5) is 0. The molecule has 17 heavy (non-hydrogen) atoms. The minimum atomic E-state index is -0.206. The summed E-state index contributed by atoms with van der Waals surface area (Å²) in [5, 5.41) is 3.29. The van der Waals surface area contributed by atoms with Crippen molar-refractivity contribution in [2.24, 2.45) is 11.5 Å². The molecule has 5 N–H and O–H groups in total. The van der Waals surface area contributed by atoms with Crippen molar-refractivity contribution in [1.29, 1.82) is 0 Å². The zero-order chi connectivity index (χ0) is 12.9. The van der Waals surface area contributed by atoms with E-state index in [1.807, 2.05) is 12.1 Å². The highest BCUT2D eigenvalue weighted by Gasteiger charge is 2.20. The Balaban J connectivity index is 2.53. The van der Waals surface area contributed by atoms with Gasteiger partial charge in [0.15, 0.2) is 0 Å². The number of halogens is 1. The fourth-order valence-corrected chi connectivity index (χ4v) is 1.66. The molecule has 1 atom stereocenters. The summed E-state index contributed by atoms with van der Waals surface area (Å²) in [6, 6.07) is 6.60. The molecule has 0 aromatic heterocycles. The lowest BCUT2D eigenvalue weighted by Crippen LogP contribution is -2.43. The molecule has 1 aromatic carbocycles. The van der Waals surface area contributed by atoms with E-state index in [2.05, 4.69) is 19.2 Å². The van der Waals surface area contributed by atoms with E-state index in [9.17, 15) is 4.39 Å². The summed E-state index contributed by atoms with van der Waals surface area (Å²) in [6.45, 7) is 6.18. The van der Waals surface area contributed by atoms with E-state index in [-0.39, 0.29) is 17.3 Å². The molecular formula is C13H22FN3. The first-order chi connectivity index (χ1) is 7.95. The first kappa shape index (κ1) is 14.1. The van der Waals surface area contributed by atoms with Crippen molar-refractivity contribution in [1.82, 2.24) is 5.32 Å². The van der Waals surface area contributed by atoms with Crippen molar-refractivity contribution < 1.29 is 4.39 Å². The van der Waals surface area contributed by atoms with Gasteiger partial charge in [-0.1, -0.05) is 26.0 Å². The summed E-state index contributed by atoms with van der Waals surface area (Å²) in [5.74, 6) is -0.206. The van der Waals surface area contributed by atoms with Crippen molar-refractivity contribution in [3.05, 3.63) is 35.6 Å². The highest BCUT2D eigenvalue weighted by molar-refractivity contribution is 5.24. The molecule has 0 aliphatic carbocycles. The fraction of sp³-hybridized carbons (Fsp3) is 0.538. The molecule has 0 amide bonds. The molecule has 0 saturated heterocycles. The predicted octanol–water partition coefficient (Wildman–Crippen LogP) is 0.979. The second kappa shape index (κ2) is 6.10. The Morgan fingerprint density at radius 3 is 2.41 bits per heavy atom. The van der Waals surface area contributed by atoms with Gasteiger partial charge in [0.05, 0.1) is 0 Å². The highest BCUT2D eigenvalue weighted by atomic mass is 19.1. The van der Waals surface area contributed by atoms with Gasteiger partial charge in [-0.05, 0) is 17.7 Å². The van der Waals surface area contributed by atoms with Crippen molar-refractivity contribution in [2.75, 3.05) is 19.6 Å². The summed E-state index contributed by atoms with van der Waals surface area (Å²) in [6.07, 6.45) is 0. The van der Waals surface area contributed by atoms with Crippen LogP contribution in [0, 0.1) is 5.82 Å². The smallest absolute Gasteiger partial charge is 0.123 e. The topological polar surface area (TPSA) is 64.1 Å². The SMILES string of the molecule is CC(C)(CNCC(N)CN)c1ccc(F)cc1. The van der Waals surface area contributed by atoms with Gasteiger partial charge in [-0.15, -0.1) is 0 Å². The molecule has 0 aliphatic heterocycles. The van der Waals surface area contributed by atoms with Gasteiger partial charge in [-0.2, -0.15) is 0 Å². The monoisotopic (exact) mass is 239 g/mol. The van der Waals surface area contributed by atoms with E-state index in [0.29, 0.717) is 13.1 Å². The number of hydrogen-bond donors (Lipinski definition) is 3. The van der Waals surface area contributed by atoms with Crippen LogP contribution in [0.5, 0.6) is 0 Å². The van der Waals surface area contributed by atoms with E-state index in [4.69, 9.17) is 11.5 Å². The number of nitrogens with one attached hydrogen (secondary N) is 1. The van der Waals surface area contributed by atoms with Crippen molar-refractivity contribution in [3.8, 4) is 0 Å². The molecule has 0 bridgehead atoms. The van der Waals surface area contributed by atoms with Gasteiger partial charge in [0.25, 0.3) is 0 Å². The molecule has 0 saturated carbocycles. The van der Waals surface area contributed by atoms with Crippen LogP contribution >= 0.6 is 0 Å². The highest BCUT2D eigenvalue weighted by Crippen LogP contribution is 2.22. The Hall–Kier alpha value is -0.970. The molecule has 96 valence electrons. The quantitative estimate of drug-likeness (QED) is 0.693. The normalized spacial score (nSPS) is 13.7. The number of rotatable bonds is 6. The van der Waals surface area contributed by atoms with E-state index in [1.54, 1.807) is 0 Å².